The second kappa shape index (κ2) is 10.8. The molecule has 5 nitrogen and oxygen atoms in total. The van der Waals surface area contributed by atoms with Gasteiger partial charge in [-0.15, -0.1) is 0 Å². The average molecular weight is 407 g/mol. The van der Waals surface area contributed by atoms with Gasteiger partial charge >= 0.3 is 0 Å². The molecule has 1 fully saturated rings. The number of aryl methyl sites for hydroxylation is 1. The van der Waals surface area contributed by atoms with Crippen molar-refractivity contribution < 1.29 is 4.79 Å². The standard InChI is InChI=1S/C25H34N4O/c1-19-7-11-22(12-8-19)20(2)17-27-25(26-3)28-18-21-9-13-23(14-10-21)24(30)29-15-5-4-6-16-29/h7-14,20H,4-6,15-18H2,1-3H3,(H2,26,27,28). The van der Waals surface area contributed by atoms with E-state index in [0.717, 1.165) is 49.6 Å². The number of rotatable bonds is 6. The van der Waals surface area contributed by atoms with E-state index in [4.69, 9.17) is 0 Å². The van der Waals surface area contributed by atoms with E-state index >= 15 is 0 Å². The molecule has 0 saturated carbocycles. The van der Waals surface area contributed by atoms with Gasteiger partial charge in [-0.05, 0) is 55.4 Å². The molecule has 1 saturated heterocycles. The smallest absolute Gasteiger partial charge is 0.253 e. The highest BCUT2D eigenvalue weighted by Crippen LogP contribution is 2.15. The second-order valence-electron chi connectivity index (χ2n) is 8.17. The summed E-state index contributed by atoms with van der Waals surface area (Å²) in [5, 5.41) is 6.76. The maximum Gasteiger partial charge on any atom is 0.253 e. The van der Waals surface area contributed by atoms with Crippen LogP contribution in [0.3, 0.4) is 0 Å². The number of piperidine rings is 1. The molecule has 3 rings (SSSR count). The number of hydrogen-bond acceptors (Lipinski definition) is 2. The molecule has 0 aliphatic carbocycles. The third-order valence-corrected chi connectivity index (χ3v) is 5.75. The second-order valence-corrected chi connectivity index (χ2v) is 8.17. The first-order valence-corrected chi connectivity index (χ1v) is 11.0. The van der Waals surface area contributed by atoms with Crippen molar-refractivity contribution in [3.63, 3.8) is 0 Å². The van der Waals surface area contributed by atoms with Gasteiger partial charge in [-0.2, -0.15) is 0 Å². The van der Waals surface area contributed by atoms with E-state index in [1.807, 2.05) is 29.2 Å². The van der Waals surface area contributed by atoms with Crippen LogP contribution in [-0.4, -0.2) is 43.4 Å². The van der Waals surface area contributed by atoms with Gasteiger partial charge in [0.1, 0.15) is 0 Å². The van der Waals surface area contributed by atoms with Gasteiger partial charge in [-0.3, -0.25) is 9.79 Å². The summed E-state index contributed by atoms with van der Waals surface area (Å²) >= 11 is 0. The van der Waals surface area contributed by atoms with E-state index in [-0.39, 0.29) is 5.91 Å². The summed E-state index contributed by atoms with van der Waals surface area (Å²) in [6.07, 6.45) is 3.46. The number of benzene rings is 2. The monoisotopic (exact) mass is 406 g/mol. The highest BCUT2D eigenvalue weighted by atomic mass is 16.2. The average Bonchev–Trinajstić information content (AvgIpc) is 2.80. The van der Waals surface area contributed by atoms with Crippen molar-refractivity contribution in [2.24, 2.45) is 4.99 Å². The molecule has 0 radical (unpaired) electrons. The van der Waals surface area contributed by atoms with E-state index in [2.05, 4.69) is 53.7 Å². The minimum Gasteiger partial charge on any atom is -0.356 e. The first kappa shape index (κ1) is 21.9. The molecule has 2 aromatic carbocycles. The lowest BCUT2D eigenvalue weighted by Crippen LogP contribution is -2.38. The summed E-state index contributed by atoms with van der Waals surface area (Å²) in [4.78, 5) is 18.9. The lowest BCUT2D eigenvalue weighted by molar-refractivity contribution is 0.0724. The third-order valence-electron chi connectivity index (χ3n) is 5.75. The molecule has 160 valence electrons. The van der Waals surface area contributed by atoms with E-state index in [1.165, 1.54) is 17.5 Å². The Morgan fingerprint density at radius 3 is 2.30 bits per heavy atom. The van der Waals surface area contributed by atoms with Crippen molar-refractivity contribution in [2.75, 3.05) is 26.7 Å². The maximum absolute atomic E-state index is 12.6. The Balaban J connectivity index is 1.47. The number of nitrogens with zero attached hydrogens (tertiary/aromatic N) is 2. The van der Waals surface area contributed by atoms with Crippen LogP contribution in [0.1, 0.15) is 59.2 Å². The topological polar surface area (TPSA) is 56.7 Å². The van der Waals surface area contributed by atoms with E-state index in [1.54, 1.807) is 7.05 Å². The van der Waals surface area contributed by atoms with Crippen LogP contribution in [-0.2, 0) is 6.54 Å². The largest absolute Gasteiger partial charge is 0.356 e. The molecule has 1 amide bonds. The van der Waals surface area contributed by atoms with Crippen molar-refractivity contribution in [2.45, 2.75) is 45.6 Å². The lowest BCUT2D eigenvalue weighted by atomic mass is 10.0. The molecule has 2 N–H and O–H groups in total. The van der Waals surface area contributed by atoms with Crippen LogP contribution < -0.4 is 10.6 Å². The predicted molar refractivity (Wildman–Crippen MR) is 124 cm³/mol. The fraction of sp³-hybridized carbons (Fsp3) is 0.440. The van der Waals surface area contributed by atoms with Crippen LogP contribution in [0.5, 0.6) is 0 Å². The number of likely N-dealkylation sites (tertiary alicyclic amines) is 1. The molecule has 30 heavy (non-hydrogen) atoms. The highest BCUT2D eigenvalue weighted by Gasteiger charge is 2.17. The van der Waals surface area contributed by atoms with Crippen molar-refractivity contribution in [1.29, 1.82) is 0 Å². The summed E-state index contributed by atoms with van der Waals surface area (Å²) in [5.41, 5.74) is 4.49. The van der Waals surface area contributed by atoms with E-state index < -0.39 is 0 Å². The number of amides is 1. The summed E-state index contributed by atoms with van der Waals surface area (Å²) < 4.78 is 0. The number of carbonyl (C=O) groups is 1. The van der Waals surface area contributed by atoms with Crippen molar-refractivity contribution in [3.8, 4) is 0 Å². The van der Waals surface area contributed by atoms with E-state index in [0.29, 0.717) is 12.5 Å². The Hall–Kier alpha value is -2.82. The fourth-order valence-electron chi connectivity index (χ4n) is 3.71. The minimum absolute atomic E-state index is 0.150. The van der Waals surface area contributed by atoms with Gasteiger partial charge < -0.3 is 15.5 Å². The number of aliphatic imine (C=N–C) groups is 1. The van der Waals surface area contributed by atoms with Crippen LogP contribution in [0.4, 0.5) is 0 Å². The molecule has 1 aliphatic heterocycles. The van der Waals surface area contributed by atoms with Crippen LogP contribution in [0.15, 0.2) is 53.5 Å². The SMILES string of the molecule is CN=C(NCc1ccc(C(=O)N2CCCCC2)cc1)NCC(C)c1ccc(C)cc1. The number of carbonyl (C=O) groups excluding carboxylic acids is 1. The van der Waals surface area contributed by atoms with Gasteiger partial charge in [0.15, 0.2) is 5.96 Å². The minimum atomic E-state index is 0.150. The van der Waals surface area contributed by atoms with Crippen LogP contribution in [0.2, 0.25) is 0 Å². The summed E-state index contributed by atoms with van der Waals surface area (Å²) in [7, 11) is 1.78. The predicted octanol–water partition coefficient (Wildman–Crippen LogP) is 4.09. The van der Waals surface area contributed by atoms with Crippen LogP contribution in [0.25, 0.3) is 0 Å². The van der Waals surface area contributed by atoms with Gasteiger partial charge in [0.2, 0.25) is 0 Å². The molecule has 1 heterocycles. The summed E-state index contributed by atoms with van der Waals surface area (Å²) in [6.45, 7) is 7.55. The Morgan fingerprint density at radius 1 is 1.00 bits per heavy atom. The Morgan fingerprint density at radius 2 is 1.67 bits per heavy atom. The van der Waals surface area contributed by atoms with Gasteiger partial charge in [-0.1, -0.05) is 48.9 Å². The molecule has 5 heteroatoms. The van der Waals surface area contributed by atoms with Crippen LogP contribution in [0, 0.1) is 6.92 Å². The normalized spacial score (nSPS) is 15.6. The quantitative estimate of drug-likeness (QED) is 0.561. The molecular formula is C25H34N4O. The zero-order valence-corrected chi connectivity index (χ0v) is 18.4. The Bertz CT molecular complexity index is 836. The fourth-order valence-corrected chi connectivity index (χ4v) is 3.71. The van der Waals surface area contributed by atoms with E-state index in [9.17, 15) is 4.79 Å². The molecule has 1 unspecified atom stereocenters. The van der Waals surface area contributed by atoms with Crippen LogP contribution >= 0.6 is 0 Å². The Kier molecular flexibility index (Phi) is 7.89. The molecule has 1 aliphatic rings. The molecule has 0 spiro atoms. The van der Waals surface area contributed by atoms with Gasteiger partial charge in [0.25, 0.3) is 5.91 Å². The van der Waals surface area contributed by atoms with Gasteiger partial charge in [0.05, 0.1) is 0 Å². The van der Waals surface area contributed by atoms with Crippen molar-refractivity contribution in [1.82, 2.24) is 15.5 Å². The summed E-state index contributed by atoms with van der Waals surface area (Å²) in [6, 6.07) is 16.6. The summed E-state index contributed by atoms with van der Waals surface area (Å²) in [5.74, 6) is 1.32. The zero-order chi connectivity index (χ0) is 21.3. The molecule has 0 aromatic heterocycles. The number of nitrogens with one attached hydrogen (secondary N) is 2. The lowest BCUT2D eigenvalue weighted by Gasteiger charge is -2.26. The molecular weight excluding hydrogens is 372 g/mol. The third kappa shape index (κ3) is 6.09. The van der Waals surface area contributed by atoms with Gasteiger partial charge in [0, 0.05) is 38.8 Å². The van der Waals surface area contributed by atoms with Crippen molar-refractivity contribution >= 4 is 11.9 Å². The first-order chi connectivity index (χ1) is 14.6. The number of guanidine groups is 1. The molecule has 0 bridgehead atoms. The van der Waals surface area contributed by atoms with Crippen molar-refractivity contribution in [3.05, 3.63) is 70.8 Å². The molecule has 2 aromatic rings. The zero-order valence-electron chi connectivity index (χ0n) is 18.4. The highest BCUT2D eigenvalue weighted by molar-refractivity contribution is 5.94. The molecule has 1 atom stereocenters. The maximum atomic E-state index is 12.6. The number of hydrogen-bond donors (Lipinski definition) is 2. The van der Waals surface area contributed by atoms with Gasteiger partial charge in [-0.25, -0.2) is 0 Å². The Labute approximate surface area is 180 Å². The first-order valence-electron chi connectivity index (χ1n) is 11.0.